The second-order valence-corrected chi connectivity index (χ2v) is 9.59. The molecule has 0 unspecified atom stereocenters. The lowest BCUT2D eigenvalue weighted by atomic mass is 9.66. The molecule has 1 N–H and O–H groups in total. The van der Waals surface area contributed by atoms with Gasteiger partial charge in [0.05, 0.1) is 29.5 Å². The summed E-state index contributed by atoms with van der Waals surface area (Å²) in [5.74, 6) is -0.397. The number of pyridine rings is 2. The van der Waals surface area contributed by atoms with Crippen LogP contribution in [-0.2, 0) is 0 Å². The molecule has 1 saturated heterocycles. The van der Waals surface area contributed by atoms with Crippen LogP contribution in [-0.4, -0.2) is 36.5 Å². The Hall–Kier alpha value is -3.22. The highest BCUT2D eigenvalue weighted by atomic mass is 32.2. The van der Waals surface area contributed by atoms with E-state index in [1.165, 1.54) is 30.4 Å². The maximum atomic E-state index is 14.3. The van der Waals surface area contributed by atoms with Gasteiger partial charge in [0.1, 0.15) is 11.1 Å². The van der Waals surface area contributed by atoms with Crippen molar-refractivity contribution in [2.24, 2.45) is 0 Å². The zero-order valence-corrected chi connectivity index (χ0v) is 18.2. The summed E-state index contributed by atoms with van der Waals surface area (Å²) in [5, 5.41) is 22.4. The first-order valence-electron chi connectivity index (χ1n) is 10.6. The normalized spacial score (nSPS) is 22.0. The van der Waals surface area contributed by atoms with Gasteiger partial charge in [0, 0.05) is 39.6 Å². The van der Waals surface area contributed by atoms with Gasteiger partial charge in [-0.05, 0) is 50.9 Å². The third-order valence-electron chi connectivity index (χ3n) is 6.69. The van der Waals surface area contributed by atoms with E-state index in [0.717, 1.165) is 41.1 Å². The molecule has 160 valence electrons. The van der Waals surface area contributed by atoms with Crippen LogP contribution in [0.25, 0.3) is 16.6 Å². The molecule has 0 amide bonds. The highest BCUT2D eigenvalue weighted by Gasteiger charge is 2.49. The molecule has 1 saturated carbocycles. The molecular formula is C23H20FN7S. The van der Waals surface area contributed by atoms with Crippen molar-refractivity contribution in [3.05, 3.63) is 60.1 Å². The Balaban J connectivity index is 1.41. The molecule has 0 atom stereocenters. The molecule has 4 aromatic heterocycles. The van der Waals surface area contributed by atoms with Crippen LogP contribution in [0.4, 0.5) is 4.39 Å². The van der Waals surface area contributed by atoms with Crippen LogP contribution >= 0.6 is 11.8 Å². The van der Waals surface area contributed by atoms with Crippen LogP contribution < -0.4 is 5.32 Å². The average Bonchev–Trinajstić information content (AvgIpc) is 3.31. The van der Waals surface area contributed by atoms with Crippen molar-refractivity contribution in [3.63, 3.8) is 0 Å². The van der Waals surface area contributed by atoms with Crippen LogP contribution in [0.1, 0.15) is 36.6 Å². The fraction of sp³-hybridized carbons (Fsp3) is 0.304. The molecule has 4 aromatic rings. The number of halogens is 1. The molecule has 2 aliphatic rings. The number of nitrogens with zero attached hydrogens (tertiary/aromatic N) is 6. The summed E-state index contributed by atoms with van der Waals surface area (Å²) in [4.78, 5) is 4.89. The summed E-state index contributed by atoms with van der Waals surface area (Å²) in [6.07, 6.45) is 10.4. The van der Waals surface area contributed by atoms with Crippen LogP contribution in [0.3, 0.4) is 0 Å². The fourth-order valence-electron chi connectivity index (χ4n) is 4.86. The first-order chi connectivity index (χ1) is 15.6. The van der Waals surface area contributed by atoms with Crippen molar-refractivity contribution in [1.29, 1.82) is 5.26 Å². The molecule has 7 nitrogen and oxygen atoms in total. The Bertz CT molecular complexity index is 1390. The maximum absolute atomic E-state index is 14.3. The average molecular weight is 446 g/mol. The minimum Gasteiger partial charge on any atom is -0.311 e. The number of fused-ring (bicyclic) bond motifs is 1. The zero-order chi connectivity index (χ0) is 21.9. The van der Waals surface area contributed by atoms with Gasteiger partial charge in [-0.2, -0.15) is 15.5 Å². The molecule has 0 aromatic carbocycles. The van der Waals surface area contributed by atoms with Gasteiger partial charge in [0.15, 0.2) is 5.82 Å². The predicted molar refractivity (Wildman–Crippen MR) is 118 cm³/mol. The molecule has 0 radical (unpaired) electrons. The summed E-state index contributed by atoms with van der Waals surface area (Å²) in [5.41, 5.74) is 4.44. The molecule has 2 fully saturated rings. The lowest BCUT2D eigenvalue weighted by Gasteiger charge is -2.54. The Labute approximate surface area is 188 Å². The van der Waals surface area contributed by atoms with Gasteiger partial charge in [-0.25, -0.2) is 13.9 Å². The smallest absolute Gasteiger partial charge is 0.155 e. The number of hydrogen-bond donors (Lipinski definition) is 1. The number of rotatable bonds is 4. The Morgan fingerprint density at radius 1 is 1.31 bits per heavy atom. The van der Waals surface area contributed by atoms with Gasteiger partial charge < -0.3 is 5.32 Å². The molecule has 6 rings (SSSR count). The number of aromatic nitrogens is 5. The van der Waals surface area contributed by atoms with E-state index in [1.54, 1.807) is 16.8 Å². The predicted octanol–water partition coefficient (Wildman–Crippen LogP) is 4.13. The lowest BCUT2D eigenvalue weighted by molar-refractivity contribution is 0.0392. The van der Waals surface area contributed by atoms with E-state index in [1.807, 2.05) is 18.5 Å². The van der Waals surface area contributed by atoms with Gasteiger partial charge in [-0.15, -0.1) is 0 Å². The third kappa shape index (κ3) is 2.94. The van der Waals surface area contributed by atoms with Crippen molar-refractivity contribution in [1.82, 2.24) is 29.7 Å². The van der Waals surface area contributed by atoms with E-state index in [0.29, 0.717) is 22.7 Å². The quantitative estimate of drug-likeness (QED) is 0.509. The van der Waals surface area contributed by atoms with Gasteiger partial charge in [0.25, 0.3) is 0 Å². The molecule has 5 heterocycles. The maximum Gasteiger partial charge on any atom is 0.155 e. The van der Waals surface area contributed by atoms with Crippen LogP contribution in [0.2, 0.25) is 0 Å². The van der Waals surface area contributed by atoms with Crippen molar-refractivity contribution in [2.45, 2.75) is 47.7 Å². The van der Waals surface area contributed by atoms with E-state index in [4.69, 9.17) is 5.10 Å². The van der Waals surface area contributed by atoms with Gasteiger partial charge in [0.2, 0.25) is 0 Å². The van der Waals surface area contributed by atoms with Crippen LogP contribution in [0.5, 0.6) is 0 Å². The minimum atomic E-state index is -0.397. The largest absolute Gasteiger partial charge is 0.311 e. The number of nitriles is 1. The van der Waals surface area contributed by atoms with E-state index in [2.05, 4.69) is 33.1 Å². The van der Waals surface area contributed by atoms with E-state index >= 15 is 0 Å². The molecule has 32 heavy (non-hydrogen) atoms. The third-order valence-corrected chi connectivity index (χ3v) is 7.71. The monoisotopic (exact) mass is 445 g/mol. The molecule has 9 heteroatoms. The van der Waals surface area contributed by atoms with Crippen LogP contribution in [0, 0.1) is 24.1 Å². The summed E-state index contributed by atoms with van der Waals surface area (Å²) in [6, 6.07) is 7.51. The molecular weight excluding hydrogens is 425 g/mol. The topological polar surface area (TPSA) is 83.8 Å². The summed E-state index contributed by atoms with van der Waals surface area (Å²) in [7, 11) is 0. The van der Waals surface area contributed by atoms with E-state index in [-0.39, 0.29) is 5.03 Å². The summed E-state index contributed by atoms with van der Waals surface area (Å²) < 4.78 is 18.1. The van der Waals surface area contributed by atoms with Crippen molar-refractivity contribution in [2.75, 3.05) is 6.54 Å². The first-order valence-corrected chi connectivity index (χ1v) is 11.4. The Morgan fingerprint density at radius 3 is 2.88 bits per heavy atom. The van der Waals surface area contributed by atoms with E-state index < -0.39 is 5.82 Å². The second-order valence-electron chi connectivity index (χ2n) is 8.56. The lowest BCUT2D eigenvalue weighted by Crippen LogP contribution is -2.64. The van der Waals surface area contributed by atoms with Gasteiger partial charge in [-0.1, -0.05) is 11.8 Å². The van der Waals surface area contributed by atoms with Crippen molar-refractivity contribution in [3.8, 4) is 17.2 Å². The highest BCUT2D eigenvalue weighted by molar-refractivity contribution is 7.99. The molecule has 1 aliphatic heterocycles. The second kappa shape index (κ2) is 7.15. The summed E-state index contributed by atoms with van der Waals surface area (Å²) >= 11 is 1.20. The molecule has 0 bridgehead atoms. The van der Waals surface area contributed by atoms with Crippen molar-refractivity contribution < 1.29 is 4.39 Å². The zero-order valence-electron chi connectivity index (χ0n) is 17.4. The standard InChI is InChI=1S/C23H20FN7S/c1-14-18(12-29-31(14)17-8-23(9-17)4-6-27-23)15-7-20(32-22-19(24)3-2-5-26-22)21-16(10-25)11-28-30(21)13-15/h2-3,5,7,11-13,17,27H,4,6,8-9H2,1H3. The van der Waals surface area contributed by atoms with Crippen LogP contribution in [0.15, 0.2) is 52.9 Å². The molecule has 1 aliphatic carbocycles. The first kappa shape index (κ1) is 19.5. The molecule has 1 spiro atoms. The summed E-state index contributed by atoms with van der Waals surface area (Å²) in [6.45, 7) is 3.20. The Morgan fingerprint density at radius 2 is 2.16 bits per heavy atom. The minimum absolute atomic E-state index is 0.261. The number of hydrogen-bond acceptors (Lipinski definition) is 6. The Kier molecular flexibility index (Phi) is 4.35. The number of nitrogens with one attached hydrogen (secondary N) is 1. The fourth-order valence-corrected chi connectivity index (χ4v) is 5.83. The van der Waals surface area contributed by atoms with Crippen molar-refractivity contribution >= 4 is 17.3 Å². The van der Waals surface area contributed by atoms with Gasteiger partial charge in [-0.3, -0.25) is 4.68 Å². The van der Waals surface area contributed by atoms with Gasteiger partial charge >= 0.3 is 0 Å². The SMILES string of the molecule is Cc1c(-c2cc(Sc3ncccc3F)c3c(C#N)cnn3c2)cnn1C1CC2(CCN2)C1. The highest BCUT2D eigenvalue weighted by Crippen LogP contribution is 2.47. The van der Waals surface area contributed by atoms with E-state index in [9.17, 15) is 9.65 Å².